The van der Waals surface area contributed by atoms with Crippen LogP contribution in [-0.2, 0) is 26.1 Å². The van der Waals surface area contributed by atoms with Gasteiger partial charge in [-0.05, 0) is 36.8 Å². The van der Waals surface area contributed by atoms with E-state index in [1.54, 1.807) is 6.07 Å². The highest BCUT2D eigenvalue weighted by Crippen LogP contribution is 2.47. The minimum atomic E-state index is -5.72. The van der Waals surface area contributed by atoms with Crippen LogP contribution in [0.5, 0.6) is 5.75 Å². The van der Waals surface area contributed by atoms with Crippen LogP contribution in [0.15, 0.2) is 18.2 Å². The number of methoxy groups -OCH3 is 1. The van der Waals surface area contributed by atoms with E-state index in [9.17, 15) is 26.4 Å². The van der Waals surface area contributed by atoms with Gasteiger partial charge in [0, 0.05) is 12.0 Å². The quantitative estimate of drug-likeness (QED) is 0.447. The van der Waals surface area contributed by atoms with Gasteiger partial charge in [0.05, 0.1) is 7.11 Å². The van der Waals surface area contributed by atoms with Crippen molar-refractivity contribution in [3.05, 3.63) is 29.3 Å². The molecule has 0 radical (unpaired) electrons. The number of hydrogen-bond acceptors (Lipinski definition) is 5. The van der Waals surface area contributed by atoms with Gasteiger partial charge in [-0.15, -0.1) is 0 Å². The lowest BCUT2D eigenvalue weighted by molar-refractivity contribution is -0.140. The fourth-order valence-corrected chi connectivity index (χ4v) is 2.70. The first-order valence-electron chi connectivity index (χ1n) is 6.85. The molecule has 0 atom stereocenters. The van der Waals surface area contributed by atoms with E-state index in [2.05, 4.69) is 8.92 Å². The van der Waals surface area contributed by atoms with Crippen molar-refractivity contribution in [2.45, 2.75) is 37.1 Å². The summed E-state index contributed by atoms with van der Waals surface area (Å²) < 4.78 is 68.8. The summed E-state index contributed by atoms with van der Waals surface area (Å²) in [4.78, 5) is 11.2. The molecule has 1 fully saturated rings. The van der Waals surface area contributed by atoms with Gasteiger partial charge in [-0.3, -0.25) is 4.79 Å². The van der Waals surface area contributed by atoms with Gasteiger partial charge in [-0.25, -0.2) is 0 Å². The van der Waals surface area contributed by atoms with Crippen LogP contribution in [-0.4, -0.2) is 27.0 Å². The number of hydrogen-bond donors (Lipinski definition) is 0. The largest absolute Gasteiger partial charge is 0.534 e. The fraction of sp³-hybridized carbons (Fsp3) is 0.500. The number of carbonyl (C=O) groups is 1. The van der Waals surface area contributed by atoms with Crippen molar-refractivity contribution in [3.8, 4) is 5.75 Å². The summed E-state index contributed by atoms with van der Waals surface area (Å²) >= 11 is 0. The van der Waals surface area contributed by atoms with Gasteiger partial charge in [-0.1, -0.05) is 12.1 Å². The van der Waals surface area contributed by atoms with Gasteiger partial charge in [0.1, 0.15) is 5.75 Å². The standard InChI is InChI=1S/C14H15F3O5S/c1-21-12(18)8-7-9-3-2-4-11(13(9)10-5-6-10)22-23(19,20)14(15,16)17/h2-4,10H,5-8H2,1H3. The van der Waals surface area contributed by atoms with Crippen LogP contribution < -0.4 is 4.18 Å². The third kappa shape index (κ3) is 4.15. The van der Waals surface area contributed by atoms with Crippen molar-refractivity contribution >= 4 is 16.1 Å². The number of ether oxygens (including phenoxy) is 1. The Morgan fingerprint density at radius 1 is 1.30 bits per heavy atom. The van der Waals surface area contributed by atoms with E-state index in [4.69, 9.17) is 0 Å². The number of esters is 1. The van der Waals surface area contributed by atoms with E-state index < -0.39 is 21.6 Å². The molecule has 23 heavy (non-hydrogen) atoms. The van der Waals surface area contributed by atoms with Crippen molar-refractivity contribution in [1.29, 1.82) is 0 Å². The summed E-state index contributed by atoms with van der Waals surface area (Å²) in [6.45, 7) is 0. The van der Waals surface area contributed by atoms with Crippen LogP contribution in [0.3, 0.4) is 0 Å². The van der Waals surface area contributed by atoms with E-state index in [1.807, 2.05) is 0 Å². The van der Waals surface area contributed by atoms with E-state index in [1.165, 1.54) is 19.2 Å². The van der Waals surface area contributed by atoms with E-state index in [-0.39, 0.29) is 24.5 Å². The second-order valence-corrected chi connectivity index (χ2v) is 6.70. The van der Waals surface area contributed by atoms with Crippen LogP contribution >= 0.6 is 0 Å². The summed E-state index contributed by atoms with van der Waals surface area (Å²) in [6.07, 6.45) is 1.75. The molecule has 1 aliphatic rings. The van der Waals surface area contributed by atoms with Crippen LogP contribution in [0.2, 0.25) is 0 Å². The Labute approximate surface area is 131 Å². The maximum Gasteiger partial charge on any atom is 0.534 e. The molecule has 0 aliphatic heterocycles. The Morgan fingerprint density at radius 2 is 1.96 bits per heavy atom. The van der Waals surface area contributed by atoms with E-state index in [0.29, 0.717) is 11.1 Å². The number of aryl methyl sites for hydroxylation is 1. The van der Waals surface area contributed by atoms with Crippen molar-refractivity contribution < 1.29 is 35.3 Å². The zero-order valence-corrected chi connectivity index (χ0v) is 13.0. The summed E-state index contributed by atoms with van der Waals surface area (Å²) in [5.41, 5.74) is -4.48. The number of alkyl halides is 3. The Kier molecular flexibility index (Phi) is 4.88. The predicted molar refractivity (Wildman–Crippen MR) is 74.4 cm³/mol. The second-order valence-electron chi connectivity index (χ2n) is 5.16. The number of halogens is 3. The van der Waals surface area contributed by atoms with Crippen molar-refractivity contribution in [2.24, 2.45) is 0 Å². The van der Waals surface area contributed by atoms with Crippen molar-refractivity contribution in [3.63, 3.8) is 0 Å². The van der Waals surface area contributed by atoms with E-state index in [0.717, 1.165) is 12.8 Å². The molecule has 2 rings (SSSR count). The van der Waals surface area contributed by atoms with Crippen LogP contribution in [0.4, 0.5) is 13.2 Å². The molecule has 0 aromatic heterocycles. The maximum atomic E-state index is 12.5. The first-order valence-corrected chi connectivity index (χ1v) is 8.26. The first kappa shape index (κ1) is 17.6. The monoisotopic (exact) mass is 352 g/mol. The van der Waals surface area contributed by atoms with Gasteiger partial charge in [0.2, 0.25) is 0 Å². The van der Waals surface area contributed by atoms with Crippen molar-refractivity contribution in [2.75, 3.05) is 7.11 Å². The highest BCUT2D eigenvalue weighted by atomic mass is 32.2. The Balaban J connectivity index is 2.32. The lowest BCUT2D eigenvalue weighted by atomic mass is 9.98. The van der Waals surface area contributed by atoms with Gasteiger partial charge >= 0.3 is 21.6 Å². The maximum absolute atomic E-state index is 12.5. The predicted octanol–water partition coefficient (Wildman–Crippen LogP) is 2.90. The smallest absolute Gasteiger partial charge is 0.469 e. The molecule has 0 amide bonds. The van der Waals surface area contributed by atoms with Gasteiger partial charge < -0.3 is 8.92 Å². The number of benzene rings is 1. The van der Waals surface area contributed by atoms with Crippen LogP contribution in [0.1, 0.15) is 36.3 Å². The van der Waals surface area contributed by atoms with Gasteiger partial charge in [-0.2, -0.15) is 21.6 Å². The molecule has 1 saturated carbocycles. The normalized spacial score (nSPS) is 15.3. The lowest BCUT2D eigenvalue weighted by Crippen LogP contribution is -2.28. The topological polar surface area (TPSA) is 69.7 Å². The summed E-state index contributed by atoms with van der Waals surface area (Å²) in [7, 11) is -4.49. The highest BCUT2D eigenvalue weighted by Gasteiger charge is 2.49. The molecule has 0 heterocycles. The lowest BCUT2D eigenvalue weighted by Gasteiger charge is -2.15. The average Bonchev–Trinajstić information content (AvgIpc) is 3.27. The molecule has 0 bridgehead atoms. The third-order valence-electron chi connectivity index (χ3n) is 3.45. The molecule has 128 valence electrons. The zero-order chi connectivity index (χ0) is 17.3. The van der Waals surface area contributed by atoms with Crippen LogP contribution in [0.25, 0.3) is 0 Å². The first-order chi connectivity index (χ1) is 10.7. The highest BCUT2D eigenvalue weighted by molar-refractivity contribution is 7.88. The molecule has 0 saturated heterocycles. The van der Waals surface area contributed by atoms with Gasteiger partial charge in [0.25, 0.3) is 0 Å². The van der Waals surface area contributed by atoms with Crippen LogP contribution in [0, 0.1) is 0 Å². The molecular weight excluding hydrogens is 337 g/mol. The average molecular weight is 352 g/mol. The van der Waals surface area contributed by atoms with E-state index >= 15 is 0 Å². The minimum Gasteiger partial charge on any atom is -0.469 e. The number of carbonyl (C=O) groups excluding carboxylic acids is 1. The Bertz CT molecular complexity index is 693. The Hall–Kier alpha value is -1.77. The Morgan fingerprint density at radius 3 is 2.48 bits per heavy atom. The second kappa shape index (κ2) is 6.38. The van der Waals surface area contributed by atoms with Gasteiger partial charge in [0.15, 0.2) is 0 Å². The summed E-state index contributed by atoms with van der Waals surface area (Å²) in [5.74, 6) is -0.838. The molecule has 1 aliphatic carbocycles. The summed E-state index contributed by atoms with van der Waals surface area (Å²) in [5, 5.41) is 0. The fourth-order valence-electron chi connectivity index (χ4n) is 2.22. The molecule has 0 unspecified atom stereocenters. The number of rotatable bonds is 6. The molecule has 1 aromatic rings. The molecule has 1 aromatic carbocycles. The van der Waals surface area contributed by atoms with Crippen molar-refractivity contribution in [1.82, 2.24) is 0 Å². The molecule has 0 spiro atoms. The third-order valence-corrected chi connectivity index (χ3v) is 4.42. The zero-order valence-electron chi connectivity index (χ0n) is 12.2. The molecule has 0 N–H and O–H groups in total. The summed E-state index contributed by atoms with van der Waals surface area (Å²) in [6, 6.07) is 4.24. The SMILES string of the molecule is COC(=O)CCc1cccc(OS(=O)(=O)C(F)(F)F)c1C1CC1. The molecule has 5 nitrogen and oxygen atoms in total. The molecule has 9 heteroatoms. The minimum absolute atomic E-state index is 0.0473. The molecular formula is C14H15F3O5S.